The molecule has 0 unspecified atom stereocenters. The van der Waals surface area contributed by atoms with E-state index in [1.807, 2.05) is 24.9 Å². The molecule has 3 aromatic heterocycles. The number of nitrogens with one attached hydrogen (secondary N) is 1. The molecule has 0 amide bonds. The van der Waals surface area contributed by atoms with Gasteiger partial charge in [0.15, 0.2) is 0 Å². The first kappa shape index (κ1) is 15.9. The van der Waals surface area contributed by atoms with Gasteiger partial charge in [-0.05, 0) is 33.1 Å². The Bertz CT molecular complexity index is 936. The van der Waals surface area contributed by atoms with Crippen LogP contribution in [-0.4, -0.2) is 60.9 Å². The van der Waals surface area contributed by atoms with Crippen LogP contribution in [0.5, 0.6) is 0 Å². The van der Waals surface area contributed by atoms with Gasteiger partial charge in [-0.2, -0.15) is 5.10 Å². The number of nitrogens with zero attached hydrogens (tertiary/aromatic N) is 5. The molecular formula is C15H18N6O3. The van der Waals surface area contributed by atoms with Crippen LogP contribution in [0.4, 0.5) is 0 Å². The summed E-state index contributed by atoms with van der Waals surface area (Å²) in [5, 5.41) is 12.9. The molecule has 0 bridgehead atoms. The highest BCUT2D eigenvalue weighted by Gasteiger charge is 2.12. The summed E-state index contributed by atoms with van der Waals surface area (Å²) in [7, 11) is 4.01. The number of H-pyrrole nitrogens is 1. The molecular weight excluding hydrogens is 312 g/mol. The molecule has 0 aliphatic rings. The van der Waals surface area contributed by atoms with Crippen molar-refractivity contribution in [3.63, 3.8) is 0 Å². The Labute approximate surface area is 137 Å². The SMILES string of the molecule is CN(C)CCCn1ccc2nc(-n3cc(C(=O)O)cn3)[nH]c(=O)c21. The van der Waals surface area contributed by atoms with E-state index in [0.29, 0.717) is 11.0 Å². The van der Waals surface area contributed by atoms with Gasteiger partial charge in [0.2, 0.25) is 5.95 Å². The molecule has 126 valence electrons. The molecule has 3 heterocycles. The maximum atomic E-state index is 12.4. The number of aromatic amines is 1. The number of carbonyl (C=O) groups is 1. The molecule has 0 atom stereocenters. The van der Waals surface area contributed by atoms with Crippen LogP contribution in [0.1, 0.15) is 16.8 Å². The van der Waals surface area contributed by atoms with E-state index in [4.69, 9.17) is 5.11 Å². The molecule has 0 aliphatic carbocycles. The molecule has 9 heteroatoms. The van der Waals surface area contributed by atoms with E-state index in [1.54, 1.807) is 6.07 Å². The van der Waals surface area contributed by atoms with Crippen molar-refractivity contribution in [3.8, 4) is 5.95 Å². The van der Waals surface area contributed by atoms with Crippen molar-refractivity contribution in [2.75, 3.05) is 20.6 Å². The van der Waals surface area contributed by atoms with Crippen molar-refractivity contribution in [2.45, 2.75) is 13.0 Å². The number of carboxylic acids is 1. The summed E-state index contributed by atoms with van der Waals surface area (Å²) >= 11 is 0. The number of fused-ring (bicyclic) bond motifs is 1. The lowest BCUT2D eigenvalue weighted by Gasteiger charge is -2.10. The minimum Gasteiger partial charge on any atom is -0.478 e. The molecule has 9 nitrogen and oxygen atoms in total. The second kappa shape index (κ2) is 6.28. The van der Waals surface area contributed by atoms with E-state index < -0.39 is 5.97 Å². The highest BCUT2D eigenvalue weighted by molar-refractivity contribution is 5.87. The van der Waals surface area contributed by atoms with Crippen molar-refractivity contribution in [1.82, 2.24) is 29.2 Å². The van der Waals surface area contributed by atoms with E-state index in [0.717, 1.165) is 19.5 Å². The minimum absolute atomic E-state index is 0.0269. The molecule has 24 heavy (non-hydrogen) atoms. The van der Waals surface area contributed by atoms with Gasteiger partial charge in [-0.15, -0.1) is 0 Å². The van der Waals surface area contributed by atoms with Crippen molar-refractivity contribution < 1.29 is 9.90 Å². The average molecular weight is 330 g/mol. The van der Waals surface area contributed by atoms with Crippen LogP contribution in [0.15, 0.2) is 29.5 Å². The van der Waals surface area contributed by atoms with Gasteiger partial charge in [0, 0.05) is 18.9 Å². The largest absolute Gasteiger partial charge is 0.478 e. The van der Waals surface area contributed by atoms with Crippen LogP contribution in [-0.2, 0) is 6.54 Å². The average Bonchev–Trinajstić information content (AvgIpc) is 3.14. The van der Waals surface area contributed by atoms with Crippen LogP contribution < -0.4 is 5.56 Å². The molecule has 0 aliphatic heterocycles. The molecule has 3 aromatic rings. The number of hydrogen-bond acceptors (Lipinski definition) is 5. The van der Waals surface area contributed by atoms with Crippen molar-refractivity contribution in [1.29, 1.82) is 0 Å². The molecule has 2 N–H and O–H groups in total. The highest BCUT2D eigenvalue weighted by atomic mass is 16.4. The van der Waals surface area contributed by atoms with Gasteiger partial charge in [-0.25, -0.2) is 14.5 Å². The van der Waals surface area contributed by atoms with E-state index >= 15 is 0 Å². The smallest absolute Gasteiger partial charge is 0.338 e. The Morgan fingerprint density at radius 1 is 1.42 bits per heavy atom. The van der Waals surface area contributed by atoms with Gasteiger partial charge < -0.3 is 14.6 Å². The quantitative estimate of drug-likeness (QED) is 0.683. The first-order chi connectivity index (χ1) is 11.5. The predicted molar refractivity (Wildman–Crippen MR) is 87.6 cm³/mol. The number of aromatic nitrogens is 5. The lowest BCUT2D eigenvalue weighted by atomic mass is 10.4. The van der Waals surface area contributed by atoms with E-state index in [9.17, 15) is 9.59 Å². The summed E-state index contributed by atoms with van der Waals surface area (Å²) in [6.07, 6.45) is 5.26. The fourth-order valence-electron chi connectivity index (χ4n) is 2.50. The zero-order chi connectivity index (χ0) is 17.3. The molecule has 0 saturated heterocycles. The molecule has 0 spiro atoms. The van der Waals surface area contributed by atoms with Gasteiger partial charge in [0.1, 0.15) is 5.52 Å². The van der Waals surface area contributed by atoms with Gasteiger partial charge in [-0.1, -0.05) is 0 Å². The summed E-state index contributed by atoms with van der Waals surface area (Å²) in [5.41, 5.74) is 0.797. The summed E-state index contributed by atoms with van der Waals surface area (Å²) in [6.45, 7) is 1.64. The topological polar surface area (TPSA) is 109 Å². The molecule has 0 radical (unpaired) electrons. The number of carboxylic acid groups (broad SMARTS) is 1. The van der Waals surface area contributed by atoms with Gasteiger partial charge in [0.25, 0.3) is 5.56 Å². The van der Waals surface area contributed by atoms with E-state index in [-0.39, 0.29) is 17.1 Å². The van der Waals surface area contributed by atoms with Gasteiger partial charge >= 0.3 is 5.97 Å². The van der Waals surface area contributed by atoms with Crippen molar-refractivity contribution in [2.24, 2.45) is 0 Å². The second-order valence-electron chi connectivity index (χ2n) is 5.77. The van der Waals surface area contributed by atoms with Gasteiger partial charge in [-0.3, -0.25) is 9.78 Å². The third kappa shape index (κ3) is 3.06. The van der Waals surface area contributed by atoms with E-state index in [2.05, 4.69) is 20.0 Å². The fourth-order valence-corrected chi connectivity index (χ4v) is 2.50. The second-order valence-corrected chi connectivity index (χ2v) is 5.77. The molecule has 0 aromatic carbocycles. The minimum atomic E-state index is -1.09. The lowest BCUT2D eigenvalue weighted by Crippen LogP contribution is -2.18. The summed E-state index contributed by atoms with van der Waals surface area (Å²) in [6, 6.07) is 1.77. The molecule has 0 fully saturated rings. The van der Waals surface area contributed by atoms with E-state index in [1.165, 1.54) is 17.1 Å². The maximum absolute atomic E-state index is 12.4. The maximum Gasteiger partial charge on any atom is 0.338 e. The predicted octanol–water partition coefficient (Wildman–Crippen LogP) is 0.560. The zero-order valence-electron chi connectivity index (χ0n) is 13.4. The Kier molecular flexibility index (Phi) is 4.17. The van der Waals surface area contributed by atoms with Crippen LogP contribution >= 0.6 is 0 Å². The molecule has 3 rings (SSSR count). The Balaban J connectivity index is 1.93. The van der Waals surface area contributed by atoms with Crippen LogP contribution in [0.25, 0.3) is 17.0 Å². The van der Waals surface area contributed by atoms with Crippen molar-refractivity contribution >= 4 is 17.0 Å². The molecule has 0 saturated carbocycles. The highest BCUT2D eigenvalue weighted by Crippen LogP contribution is 2.12. The lowest BCUT2D eigenvalue weighted by molar-refractivity contribution is 0.0697. The Hall–Kier alpha value is -2.94. The van der Waals surface area contributed by atoms with Crippen LogP contribution in [0.3, 0.4) is 0 Å². The number of hydrogen-bond donors (Lipinski definition) is 2. The normalized spacial score (nSPS) is 11.5. The van der Waals surface area contributed by atoms with Crippen molar-refractivity contribution in [3.05, 3.63) is 40.6 Å². The number of aryl methyl sites for hydroxylation is 1. The number of rotatable bonds is 6. The third-order valence-electron chi connectivity index (χ3n) is 3.66. The third-order valence-corrected chi connectivity index (χ3v) is 3.66. The van der Waals surface area contributed by atoms with Crippen LogP contribution in [0.2, 0.25) is 0 Å². The zero-order valence-corrected chi connectivity index (χ0v) is 13.4. The number of aromatic carboxylic acids is 1. The monoisotopic (exact) mass is 330 g/mol. The standard InChI is InChI=1S/C15H18N6O3/c1-19(2)5-3-6-20-7-4-11-12(20)13(22)18-15(17-11)21-9-10(8-16-21)14(23)24/h4,7-9H,3,5-6H2,1-2H3,(H,23,24)(H,17,18,22). The summed E-state index contributed by atoms with van der Waals surface area (Å²) < 4.78 is 3.12. The Morgan fingerprint density at radius 2 is 2.21 bits per heavy atom. The fraction of sp³-hybridized carbons (Fsp3) is 0.333. The Morgan fingerprint density at radius 3 is 2.88 bits per heavy atom. The first-order valence-electron chi connectivity index (χ1n) is 7.48. The summed E-state index contributed by atoms with van der Waals surface area (Å²) in [4.78, 5) is 32.4. The van der Waals surface area contributed by atoms with Crippen LogP contribution in [0, 0.1) is 0 Å². The first-order valence-corrected chi connectivity index (χ1v) is 7.48. The van der Waals surface area contributed by atoms with Gasteiger partial charge in [0.05, 0.1) is 17.3 Å². The summed E-state index contributed by atoms with van der Waals surface area (Å²) in [5.74, 6) is -0.900.